The lowest BCUT2D eigenvalue weighted by Gasteiger charge is -2.11. The quantitative estimate of drug-likeness (QED) is 0.678. The van der Waals surface area contributed by atoms with Gasteiger partial charge in [0.1, 0.15) is 5.75 Å². The number of nitrogens with one attached hydrogen (secondary N) is 2. The van der Waals surface area contributed by atoms with Gasteiger partial charge in [0, 0.05) is 0 Å². The summed E-state index contributed by atoms with van der Waals surface area (Å²) in [5.41, 5.74) is 2.07. The average molecular weight is 362 g/mol. The van der Waals surface area contributed by atoms with E-state index in [0.717, 1.165) is 0 Å². The van der Waals surface area contributed by atoms with Crippen molar-refractivity contribution in [2.24, 2.45) is 5.92 Å². The summed E-state index contributed by atoms with van der Waals surface area (Å²) in [6, 6.07) is 5.70. The summed E-state index contributed by atoms with van der Waals surface area (Å²) in [6.45, 7) is 2.27. The van der Waals surface area contributed by atoms with Gasteiger partial charge in [0.05, 0.1) is 28.9 Å². The zero-order valence-electron chi connectivity index (χ0n) is 12.5. The first-order valence-corrected chi connectivity index (χ1v) is 10.3. The van der Waals surface area contributed by atoms with Crippen LogP contribution < -0.4 is 15.0 Å². The third-order valence-electron chi connectivity index (χ3n) is 3.36. The van der Waals surface area contributed by atoms with Crippen LogP contribution in [0.2, 0.25) is 0 Å². The van der Waals surface area contributed by atoms with Gasteiger partial charge in [0.2, 0.25) is 5.91 Å². The predicted octanol–water partition coefficient (Wildman–Crippen LogP) is -0.170. The molecular formula is C13H18N2O6S2. The molecular weight excluding hydrogens is 344 g/mol. The van der Waals surface area contributed by atoms with E-state index in [4.69, 9.17) is 4.74 Å². The van der Waals surface area contributed by atoms with E-state index in [9.17, 15) is 21.6 Å². The van der Waals surface area contributed by atoms with E-state index >= 15 is 0 Å². The van der Waals surface area contributed by atoms with Crippen LogP contribution in [0.15, 0.2) is 29.2 Å². The fourth-order valence-electron chi connectivity index (χ4n) is 2.16. The second-order valence-corrected chi connectivity index (χ2v) is 9.01. The highest BCUT2D eigenvalue weighted by Crippen LogP contribution is 2.18. The van der Waals surface area contributed by atoms with Gasteiger partial charge in [-0.2, -0.15) is 0 Å². The number of carbonyl (C=O) groups is 1. The van der Waals surface area contributed by atoms with Crippen LogP contribution in [0, 0.1) is 5.92 Å². The summed E-state index contributed by atoms with van der Waals surface area (Å²) in [7, 11) is -7.14. The maximum absolute atomic E-state index is 12.1. The molecule has 0 spiro atoms. The number of ether oxygens (including phenoxy) is 1. The zero-order chi connectivity index (χ0) is 17.1. The summed E-state index contributed by atoms with van der Waals surface area (Å²) in [5.74, 6) is -1.17. The van der Waals surface area contributed by atoms with E-state index in [-0.39, 0.29) is 22.8 Å². The Labute approximate surface area is 135 Å². The van der Waals surface area contributed by atoms with Crippen LogP contribution in [-0.2, 0) is 24.7 Å². The van der Waals surface area contributed by atoms with Crippen molar-refractivity contribution in [3.05, 3.63) is 24.3 Å². The molecule has 1 fully saturated rings. The van der Waals surface area contributed by atoms with Crippen molar-refractivity contribution in [3.63, 3.8) is 0 Å². The molecule has 1 aromatic rings. The molecule has 23 heavy (non-hydrogen) atoms. The molecule has 2 rings (SSSR count). The Morgan fingerprint density at radius 3 is 2.48 bits per heavy atom. The Morgan fingerprint density at radius 1 is 1.30 bits per heavy atom. The Morgan fingerprint density at radius 2 is 1.96 bits per heavy atom. The number of sulfone groups is 1. The molecule has 1 aromatic carbocycles. The molecule has 0 aliphatic carbocycles. The first kappa shape index (κ1) is 17.7. The number of benzene rings is 1. The standard InChI is InChI=1S/C13H18N2O6S2/c1-2-21-11-3-5-12(6-4-11)23(19,20)15-14-13(16)10-7-8-22(17,18)9-10/h3-6,10,15H,2,7-9H2,1H3,(H,14,16)/t10-/m1/s1. The monoisotopic (exact) mass is 362 g/mol. The van der Waals surface area contributed by atoms with Crippen molar-refractivity contribution >= 4 is 25.8 Å². The molecule has 0 radical (unpaired) electrons. The van der Waals surface area contributed by atoms with Gasteiger partial charge in [0.25, 0.3) is 10.0 Å². The van der Waals surface area contributed by atoms with Crippen LogP contribution >= 0.6 is 0 Å². The Balaban J connectivity index is 1.97. The molecule has 128 valence electrons. The number of hydrogen-bond acceptors (Lipinski definition) is 6. The van der Waals surface area contributed by atoms with E-state index < -0.39 is 31.7 Å². The van der Waals surface area contributed by atoms with Gasteiger partial charge in [-0.15, -0.1) is 4.83 Å². The molecule has 0 aromatic heterocycles. The van der Waals surface area contributed by atoms with Crippen molar-refractivity contribution in [3.8, 4) is 5.75 Å². The molecule has 1 amide bonds. The third kappa shape index (κ3) is 4.66. The third-order valence-corrected chi connectivity index (χ3v) is 6.39. The number of carbonyl (C=O) groups excluding carboxylic acids is 1. The largest absolute Gasteiger partial charge is 0.494 e. The van der Waals surface area contributed by atoms with Gasteiger partial charge in [-0.05, 0) is 37.6 Å². The summed E-state index contributed by atoms with van der Waals surface area (Å²) >= 11 is 0. The van der Waals surface area contributed by atoms with Crippen molar-refractivity contribution in [2.45, 2.75) is 18.2 Å². The molecule has 0 bridgehead atoms. The molecule has 1 saturated heterocycles. The van der Waals surface area contributed by atoms with Crippen LogP contribution in [0.3, 0.4) is 0 Å². The molecule has 8 nitrogen and oxygen atoms in total. The minimum Gasteiger partial charge on any atom is -0.494 e. The summed E-state index contributed by atoms with van der Waals surface area (Å²) in [5, 5.41) is 0. The number of rotatable bonds is 6. The highest BCUT2D eigenvalue weighted by atomic mass is 32.2. The molecule has 10 heteroatoms. The molecule has 1 heterocycles. The van der Waals surface area contributed by atoms with Crippen molar-refractivity contribution in [1.29, 1.82) is 0 Å². The van der Waals surface area contributed by atoms with Gasteiger partial charge in [-0.3, -0.25) is 10.2 Å². The van der Waals surface area contributed by atoms with E-state index in [1.165, 1.54) is 24.3 Å². The highest BCUT2D eigenvalue weighted by Gasteiger charge is 2.33. The fraction of sp³-hybridized carbons (Fsp3) is 0.462. The second kappa shape index (κ2) is 6.85. The van der Waals surface area contributed by atoms with Crippen LogP contribution in [-0.4, -0.2) is 40.9 Å². The normalized spacial score (nSPS) is 20.1. The van der Waals surface area contributed by atoms with Gasteiger partial charge in [0.15, 0.2) is 9.84 Å². The number of hydrazine groups is 1. The minimum atomic E-state index is -3.93. The first-order chi connectivity index (χ1) is 10.7. The van der Waals surface area contributed by atoms with Crippen molar-refractivity contribution < 1.29 is 26.4 Å². The maximum Gasteiger partial charge on any atom is 0.257 e. The van der Waals surface area contributed by atoms with E-state index in [0.29, 0.717) is 12.4 Å². The molecule has 0 unspecified atom stereocenters. The predicted molar refractivity (Wildman–Crippen MR) is 82.8 cm³/mol. The zero-order valence-corrected chi connectivity index (χ0v) is 14.1. The number of sulfonamides is 1. The van der Waals surface area contributed by atoms with Crippen LogP contribution in [0.25, 0.3) is 0 Å². The van der Waals surface area contributed by atoms with Gasteiger partial charge in [-0.1, -0.05) is 0 Å². The lowest BCUT2D eigenvalue weighted by Crippen LogP contribution is -2.44. The Hall–Kier alpha value is -1.65. The van der Waals surface area contributed by atoms with Gasteiger partial charge in [-0.25, -0.2) is 16.8 Å². The first-order valence-electron chi connectivity index (χ1n) is 6.98. The Kier molecular flexibility index (Phi) is 5.27. The molecule has 2 N–H and O–H groups in total. The fourth-order valence-corrected chi connectivity index (χ4v) is 4.75. The van der Waals surface area contributed by atoms with Gasteiger partial charge >= 0.3 is 0 Å². The average Bonchev–Trinajstić information content (AvgIpc) is 2.86. The van der Waals surface area contributed by atoms with Crippen molar-refractivity contribution in [1.82, 2.24) is 10.3 Å². The maximum atomic E-state index is 12.1. The number of amides is 1. The SMILES string of the molecule is CCOc1ccc(S(=O)(=O)NNC(=O)[C@@H]2CCS(=O)(=O)C2)cc1. The lowest BCUT2D eigenvalue weighted by molar-refractivity contribution is -0.124. The van der Waals surface area contributed by atoms with E-state index in [1.807, 2.05) is 11.8 Å². The molecule has 1 aliphatic rings. The lowest BCUT2D eigenvalue weighted by atomic mass is 10.1. The van der Waals surface area contributed by atoms with E-state index in [1.54, 1.807) is 0 Å². The van der Waals surface area contributed by atoms with Crippen LogP contribution in [0.5, 0.6) is 5.75 Å². The van der Waals surface area contributed by atoms with Crippen LogP contribution in [0.4, 0.5) is 0 Å². The summed E-state index contributed by atoms with van der Waals surface area (Å²) in [4.78, 5) is 13.8. The topological polar surface area (TPSA) is 119 Å². The van der Waals surface area contributed by atoms with E-state index in [2.05, 4.69) is 5.43 Å². The molecule has 0 saturated carbocycles. The minimum absolute atomic E-state index is 0.0414. The summed E-state index contributed by atoms with van der Waals surface area (Å²) in [6.07, 6.45) is 0.193. The van der Waals surface area contributed by atoms with Crippen molar-refractivity contribution in [2.75, 3.05) is 18.1 Å². The molecule has 1 aliphatic heterocycles. The smallest absolute Gasteiger partial charge is 0.257 e. The van der Waals surface area contributed by atoms with Gasteiger partial charge < -0.3 is 4.74 Å². The Bertz CT molecular complexity index is 771. The molecule has 1 atom stereocenters. The number of hydrogen-bond donors (Lipinski definition) is 2. The highest BCUT2D eigenvalue weighted by molar-refractivity contribution is 7.91. The van der Waals surface area contributed by atoms with Crippen LogP contribution in [0.1, 0.15) is 13.3 Å². The second-order valence-electron chi connectivity index (χ2n) is 5.10. The summed E-state index contributed by atoms with van der Waals surface area (Å²) < 4.78 is 52.0.